The number of hydrogen-bond acceptors (Lipinski definition) is 5. The van der Waals surface area contributed by atoms with Crippen LogP contribution in [-0.4, -0.2) is 21.2 Å². The summed E-state index contributed by atoms with van der Waals surface area (Å²) >= 11 is 1.48. The smallest absolute Gasteiger partial charge is 0.262 e. The lowest BCUT2D eigenvalue weighted by Gasteiger charge is -2.07. The van der Waals surface area contributed by atoms with Gasteiger partial charge in [-0.2, -0.15) is 0 Å². The molecule has 0 bridgehead atoms. The number of aryl methyl sites for hydroxylation is 2. The van der Waals surface area contributed by atoms with E-state index in [-0.39, 0.29) is 29.7 Å². The number of fused-ring (bicyclic) bond motifs is 2. The number of thiophene rings is 1. The van der Waals surface area contributed by atoms with Crippen molar-refractivity contribution < 1.29 is 9.59 Å². The summed E-state index contributed by atoms with van der Waals surface area (Å²) in [6.07, 6.45) is 1.43. The van der Waals surface area contributed by atoms with Crippen molar-refractivity contribution >= 4 is 38.9 Å². The van der Waals surface area contributed by atoms with Gasteiger partial charge in [-0.3, -0.25) is 19.0 Å². The molecule has 3 heterocycles. The third-order valence-electron chi connectivity index (χ3n) is 4.96. The van der Waals surface area contributed by atoms with Gasteiger partial charge >= 0.3 is 0 Å². The minimum atomic E-state index is -0.282. The first-order chi connectivity index (χ1) is 12.4. The SMILES string of the molecule is Cc1sc2ncn(CC(=O)c3ccc4c(c3)[C@@H](C)C(=O)N4)c(=O)c2c1C. The molecule has 3 aromatic rings. The Labute approximate surface area is 153 Å². The monoisotopic (exact) mass is 367 g/mol. The molecule has 1 aliphatic heterocycles. The number of carbonyl (C=O) groups excluding carboxylic acids is 2. The van der Waals surface area contributed by atoms with Gasteiger partial charge in [-0.1, -0.05) is 0 Å². The van der Waals surface area contributed by atoms with Crippen molar-refractivity contribution in [1.82, 2.24) is 9.55 Å². The van der Waals surface area contributed by atoms with E-state index in [0.29, 0.717) is 15.8 Å². The predicted molar refractivity (Wildman–Crippen MR) is 101 cm³/mol. The minimum Gasteiger partial charge on any atom is -0.325 e. The van der Waals surface area contributed by atoms with Gasteiger partial charge < -0.3 is 5.32 Å². The molecular formula is C19H17N3O3S. The van der Waals surface area contributed by atoms with Crippen LogP contribution in [0, 0.1) is 13.8 Å². The fourth-order valence-corrected chi connectivity index (χ4v) is 4.21. The molecule has 132 valence electrons. The highest BCUT2D eigenvalue weighted by Gasteiger charge is 2.27. The summed E-state index contributed by atoms with van der Waals surface area (Å²) in [7, 11) is 0. The molecule has 0 saturated heterocycles. The molecule has 0 aliphatic carbocycles. The van der Waals surface area contributed by atoms with E-state index >= 15 is 0 Å². The summed E-state index contributed by atoms with van der Waals surface area (Å²) < 4.78 is 1.35. The van der Waals surface area contributed by atoms with Gasteiger partial charge in [0.15, 0.2) is 5.78 Å². The summed E-state index contributed by atoms with van der Waals surface area (Å²) in [6.45, 7) is 5.58. The van der Waals surface area contributed by atoms with E-state index in [2.05, 4.69) is 10.3 Å². The summed E-state index contributed by atoms with van der Waals surface area (Å²) in [5.74, 6) is -0.541. The second kappa shape index (κ2) is 5.88. The molecule has 0 spiro atoms. The van der Waals surface area contributed by atoms with E-state index in [9.17, 15) is 14.4 Å². The van der Waals surface area contributed by atoms with Crippen molar-refractivity contribution in [2.45, 2.75) is 33.2 Å². The highest BCUT2D eigenvalue weighted by molar-refractivity contribution is 7.18. The van der Waals surface area contributed by atoms with Crippen molar-refractivity contribution in [3.05, 3.63) is 56.4 Å². The van der Waals surface area contributed by atoms with Crippen LogP contribution in [0.4, 0.5) is 5.69 Å². The number of nitrogens with one attached hydrogen (secondary N) is 1. The Morgan fingerprint density at radius 3 is 2.85 bits per heavy atom. The lowest BCUT2D eigenvalue weighted by atomic mass is 9.99. The van der Waals surface area contributed by atoms with Gasteiger partial charge in [0.25, 0.3) is 5.56 Å². The van der Waals surface area contributed by atoms with Crippen LogP contribution in [0.15, 0.2) is 29.3 Å². The molecule has 0 saturated carbocycles. The van der Waals surface area contributed by atoms with Gasteiger partial charge in [0, 0.05) is 16.1 Å². The summed E-state index contributed by atoms with van der Waals surface area (Å²) in [5, 5.41) is 3.37. The molecule has 7 heteroatoms. The van der Waals surface area contributed by atoms with Gasteiger partial charge in [0.05, 0.1) is 24.2 Å². The van der Waals surface area contributed by atoms with Crippen molar-refractivity contribution in [3.63, 3.8) is 0 Å². The lowest BCUT2D eigenvalue weighted by molar-refractivity contribution is -0.116. The molecule has 0 unspecified atom stereocenters. The Hall–Kier alpha value is -2.80. The van der Waals surface area contributed by atoms with Gasteiger partial charge in [-0.15, -0.1) is 11.3 Å². The number of anilines is 1. The molecule has 4 rings (SSSR count). The van der Waals surface area contributed by atoms with Crippen LogP contribution in [0.25, 0.3) is 10.2 Å². The van der Waals surface area contributed by atoms with Crippen LogP contribution >= 0.6 is 11.3 Å². The molecule has 1 aliphatic rings. The molecule has 1 aromatic carbocycles. The van der Waals surface area contributed by atoms with E-state index in [1.165, 1.54) is 22.2 Å². The molecule has 6 nitrogen and oxygen atoms in total. The summed E-state index contributed by atoms with van der Waals surface area (Å²) in [6, 6.07) is 5.15. The van der Waals surface area contributed by atoms with Gasteiger partial charge in [0.1, 0.15) is 4.83 Å². The van der Waals surface area contributed by atoms with Crippen molar-refractivity contribution in [1.29, 1.82) is 0 Å². The number of aromatic nitrogens is 2. The Morgan fingerprint density at radius 2 is 2.08 bits per heavy atom. The first-order valence-corrected chi connectivity index (χ1v) is 9.11. The van der Waals surface area contributed by atoms with Crippen molar-refractivity contribution in [2.75, 3.05) is 5.32 Å². The number of ketones is 1. The van der Waals surface area contributed by atoms with E-state index < -0.39 is 0 Å². The molecule has 1 N–H and O–H groups in total. The van der Waals surface area contributed by atoms with E-state index in [4.69, 9.17) is 0 Å². The number of Topliss-reactive ketones (excluding diaryl/α,β-unsaturated/α-hetero) is 1. The highest BCUT2D eigenvalue weighted by atomic mass is 32.1. The zero-order valence-electron chi connectivity index (χ0n) is 14.6. The predicted octanol–water partition coefficient (Wildman–Crippen LogP) is 3.01. The molecule has 0 radical (unpaired) electrons. The molecule has 1 atom stereocenters. The lowest BCUT2D eigenvalue weighted by Crippen LogP contribution is -2.24. The van der Waals surface area contributed by atoms with E-state index in [1.807, 2.05) is 13.8 Å². The van der Waals surface area contributed by atoms with Crippen LogP contribution in [0.2, 0.25) is 0 Å². The first kappa shape index (κ1) is 16.7. The van der Waals surface area contributed by atoms with Crippen LogP contribution in [0.3, 0.4) is 0 Å². The van der Waals surface area contributed by atoms with Crippen molar-refractivity contribution in [3.8, 4) is 0 Å². The molecule has 0 fully saturated rings. The third-order valence-corrected chi connectivity index (χ3v) is 6.08. The first-order valence-electron chi connectivity index (χ1n) is 8.30. The van der Waals surface area contributed by atoms with Gasteiger partial charge in [-0.05, 0) is 50.1 Å². The standard InChI is InChI=1S/C19H17N3O3S/c1-9-11(3)26-18-16(9)19(25)22(8-20-18)7-15(23)12-4-5-14-13(6-12)10(2)17(24)21-14/h4-6,8,10H,7H2,1-3H3,(H,21,24)/t10-/m1/s1. The van der Waals surface area contributed by atoms with Crippen LogP contribution in [0.5, 0.6) is 0 Å². The summed E-state index contributed by atoms with van der Waals surface area (Å²) in [4.78, 5) is 43.3. The Bertz CT molecular complexity index is 1140. The number of carbonyl (C=O) groups is 2. The van der Waals surface area contributed by atoms with Gasteiger partial charge in [-0.25, -0.2) is 4.98 Å². The average molecular weight is 367 g/mol. The summed E-state index contributed by atoms with van der Waals surface area (Å²) in [5.41, 5.74) is 2.75. The minimum absolute atomic E-state index is 0.0706. The van der Waals surface area contributed by atoms with E-state index in [1.54, 1.807) is 25.1 Å². The fraction of sp³-hybridized carbons (Fsp3) is 0.263. The average Bonchev–Trinajstić information content (AvgIpc) is 3.07. The number of amides is 1. The van der Waals surface area contributed by atoms with Crippen LogP contribution in [-0.2, 0) is 11.3 Å². The third kappa shape index (κ3) is 2.47. The zero-order chi connectivity index (χ0) is 18.6. The normalized spacial score (nSPS) is 16.0. The Balaban J connectivity index is 1.68. The second-order valence-electron chi connectivity index (χ2n) is 6.58. The largest absolute Gasteiger partial charge is 0.325 e. The van der Waals surface area contributed by atoms with E-state index in [0.717, 1.165) is 21.7 Å². The molecule has 26 heavy (non-hydrogen) atoms. The fourth-order valence-electron chi connectivity index (χ4n) is 3.22. The maximum absolute atomic E-state index is 12.7. The zero-order valence-corrected chi connectivity index (χ0v) is 15.4. The number of hydrogen-bond donors (Lipinski definition) is 1. The Morgan fingerprint density at radius 1 is 1.31 bits per heavy atom. The maximum Gasteiger partial charge on any atom is 0.262 e. The molecular weight excluding hydrogens is 350 g/mol. The number of benzene rings is 1. The maximum atomic E-state index is 12.7. The van der Waals surface area contributed by atoms with Crippen molar-refractivity contribution in [2.24, 2.45) is 0 Å². The highest BCUT2D eigenvalue weighted by Crippen LogP contribution is 2.32. The van der Waals surface area contributed by atoms with Gasteiger partial charge in [0.2, 0.25) is 5.91 Å². The quantitative estimate of drug-likeness (QED) is 0.722. The second-order valence-corrected chi connectivity index (χ2v) is 7.78. The van der Waals surface area contributed by atoms with Crippen LogP contribution in [0.1, 0.15) is 39.2 Å². The molecule has 2 aromatic heterocycles. The molecule has 1 amide bonds. The van der Waals surface area contributed by atoms with Crippen LogP contribution < -0.4 is 10.9 Å². The number of rotatable bonds is 3. The topological polar surface area (TPSA) is 81.1 Å². The Kier molecular flexibility index (Phi) is 3.77. The number of nitrogens with zero attached hydrogens (tertiary/aromatic N) is 2.